The third-order valence-electron chi connectivity index (χ3n) is 5.39. The molecule has 1 aromatic heterocycles. The Hall–Kier alpha value is -2.18. The van der Waals surface area contributed by atoms with Crippen molar-refractivity contribution in [1.29, 1.82) is 0 Å². The van der Waals surface area contributed by atoms with Gasteiger partial charge in [-0.25, -0.2) is 9.97 Å². The number of nitrogens with zero attached hydrogens (tertiary/aromatic N) is 3. The highest BCUT2D eigenvalue weighted by atomic mass is 35.5. The summed E-state index contributed by atoms with van der Waals surface area (Å²) in [6.45, 7) is 2.29. The van der Waals surface area contributed by atoms with E-state index < -0.39 is 0 Å². The summed E-state index contributed by atoms with van der Waals surface area (Å²) in [4.78, 5) is 22.5. The monoisotopic (exact) mass is 357 g/mol. The minimum atomic E-state index is -0.0363. The van der Waals surface area contributed by atoms with Crippen LogP contribution in [0.4, 0.5) is 11.6 Å². The lowest BCUT2D eigenvalue weighted by molar-refractivity contribution is -0.115. The van der Waals surface area contributed by atoms with E-state index >= 15 is 0 Å². The SMILES string of the molecule is NCC1(c2ccc(Cl)cc2)CCN(c2ncnc3c2CC(=O)N3)CC1. The Morgan fingerprint density at radius 1 is 1.20 bits per heavy atom. The number of fused-ring (bicyclic) bond motifs is 1. The highest BCUT2D eigenvalue weighted by Crippen LogP contribution is 2.38. The first-order valence-corrected chi connectivity index (χ1v) is 8.84. The van der Waals surface area contributed by atoms with E-state index in [1.165, 1.54) is 11.9 Å². The second-order valence-electron chi connectivity index (χ2n) is 6.73. The van der Waals surface area contributed by atoms with Crippen molar-refractivity contribution in [3.05, 3.63) is 46.7 Å². The van der Waals surface area contributed by atoms with E-state index in [2.05, 4.69) is 32.3 Å². The van der Waals surface area contributed by atoms with E-state index in [9.17, 15) is 4.79 Å². The minimum absolute atomic E-state index is 0.0220. The van der Waals surface area contributed by atoms with Crippen LogP contribution < -0.4 is 16.0 Å². The predicted octanol–water partition coefficient (Wildman–Crippen LogP) is 2.12. The standard InChI is InChI=1S/C18H20ClN5O/c19-13-3-1-12(2-4-13)18(10-20)5-7-24(8-6-18)17-14-9-15(25)23-16(14)21-11-22-17/h1-4,11H,5-10,20H2,(H,21,22,23,25). The fraction of sp³-hybridized carbons (Fsp3) is 0.389. The zero-order chi connectivity index (χ0) is 17.4. The Balaban J connectivity index is 1.56. The zero-order valence-electron chi connectivity index (χ0n) is 13.8. The highest BCUT2D eigenvalue weighted by molar-refractivity contribution is 6.30. The molecule has 0 saturated carbocycles. The topological polar surface area (TPSA) is 84.1 Å². The number of carbonyl (C=O) groups is 1. The Morgan fingerprint density at radius 2 is 1.92 bits per heavy atom. The summed E-state index contributed by atoms with van der Waals surface area (Å²) in [5.74, 6) is 1.49. The van der Waals surface area contributed by atoms with Gasteiger partial charge in [-0.2, -0.15) is 0 Å². The van der Waals surface area contributed by atoms with Crippen molar-refractivity contribution in [2.75, 3.05) is 29.9 Å². The Labute approximate surface area is 151 Å². The van der Waals surface area contributed by atoms with Crippen molar-refractivity contribution in [1.82, 2.24) is 9.97 Å². The van der Waals surface area contributed by atoms with Gasteiger partial charge in [-0.1, -0.05) is 23.7 Å². The van der Waals surface area contributed by atoms with Crippen molar-refractivity contribution in [3.63, 3.8) is 0 Å². The molecule has 2 aromatic rings. The minimum Gasteiger partial charge on any atom is -0.356 e. The van der Waals surface area contributed by atoms with Crippen molar-refractivity contribution in [2.24, 2.45) is 5.73 Å². The molecule has 1 amide bonds. The van der Waals surface area contributed by atoms with Crippen molar-refractivity contribution in [3.8, 4) is 0 Å². The number of nitrogens with two attached hydrogens (primary N) is 1. The Morgan fingerprint density at radius 3 is 2.60 bits per heavy atom. The maximum atomic E-state index is 11.7. The number of hydrogen-bond donors (Lipinski definition) is 2. The van der Waals surface area contributed by atoms with E-state index in [-0.39, 0.29) is 11.3 Å². The molecule has 1 saturated heterocycles. The van der Waals surface area contributed by atoms with Gasteiger partial charge in [0.2, 0.25) is 5.91 Å². The van der Waals surface area contributed by atoms with Crippen LogP contribution in [-0.2, 0) is 16.6 Å². The molecule has 6 nitrogen and oxygen atoms in total. The molecule has 0 spiro atoms. The number of rotatable bonds is 3. The first-order valence-electron chi connectivity index (χ1n) is 8.46. The molecule has 1 aromatic carbocycles. The number of anilines is 2. The largest absolute Gasteiger partial charge is 0.356 e. The lowest BCUT2D eigenvalue weighted by Crippen LogP contribution is -2.47. The third-order valence-corrected chi connectivity index (χ3v) is 5.64. The summed E-state index contributed by atoms with van der Waals surface area (Å²) in [6, 6.07) is 8.01. The fourth-order valence-electron chi connectivity index (χ4n) is 3.84. The van der Waals surface area contributed by atoms with Crippen LogP contribution in [0, 0.1) is 0 Å². The molecular weight excluding hydrogens is 338 g/mol. The summed E-state index contributed by atoms with van der Waals surface area (Å²) >= 11 is 6.02. The number of hydrogen-bond acceptors (Lipinski definition) is 5. The number of halogens is 1. The predicted molar refractivity (Wildman–Crippen MR) is 98.0 cm³/mol. The van der Waals surface area contributed by atoms with Gasteiger partial charge in [-0.05, 0) is 30.5 Å². The summed E-state index contributed by atoms with van der Waals surface area (Å²) in [7, 11) is 0. The van der Waals surface area contributed by atoms with Gasteiger partial charge >= 0.3 is 0 Å². The van der Waals surface area contributed by atoms with Gasteiger partial charge in [0, 0.05) is 35.6 Å². The molecule has 0 unspecified atom stereocenters. The molecule has 7 heteroatoms. The number of aromatic nitrogens is 2. The average Bonchev–Trinajstić information content (AvgIpc) is 3.02. The molecule has 1 fully saturated rings. The van der Waals surface area contributed by atoms with Gasteiger partial charge in [0.05, 0.1) is 6.42 Å². The molecule has 25 heavy (non-hydrogen) atoms. The maximum absolute atomic E-state index is 11.7. The fourth-order valence-corrected chi connectivity index (χ4v) is 3.97. The lowest BCUT2D eigenvalue weighted by atomic mass is 9.73. The van der Waals surface area contributed by atoms with E-state index in [0.29, 0.717) is 18.8 Å². The Bertz CT molecular complexity index is 800. The average molecular weight is 358 g/mol. The maximum Gasteiger partial charge on any atom is 0.230 e. The van der Waals surface area contributed by atoms with Gasteiger partial charge in [0.15, 0.2) is 0 Å². The second kappa shape index (κ2) is 6.28. The molecular formula is C18H20ClN5O. The molecule has 0 radical (unpaired) electrons. The first kappa shape index (κ1) is 16.3. The molecule has 0 aliphatic carbocycles. The molecule has 4 rings (SSSR count). The quantitative estimate of drug-likeness (QED) is 0.879. The van der Waals surface area contributed by atoms with Gasteiger partial charge in [0.1, 0.15) is 18.0 Å². The Kier molecular flexibility index (Phi) is 4.09. The van der Waals surface area contributed by atoms with E-state index in [0.717, 1.165) is 42.3 Å². The molecule has 130 valence electrons. The molecule has 2 aliphatic heterocycles. The van der Waals surface area contributed by atoms with Crippen molar-refractivity contribution < 1.29 is 4.79 Å². The zero-order valence-corrected chi connectivity index (χ0v) is 14.6. The smallest absolute Gasteiger partial charge is 0.230 e. The summed E-state index contributed by atoms with van der Waals surface area (Å²) in [6.07, 6.45) is 3.74. The summed E-state index contributed by atoms with van der Waals surface area (Å²) in [5, 5.41) is 3.52. The van der Waals surface area contributed by atoms with Crippen LogP contribution in [0.2, 0.25) is 5.02 Å². The third kappa shape index (κ3) is 2.85. The molecule has 0 atom stereocenters. The summed E-state index contributed by atoms with van der Waals surface area (Å²) < 4.78 is 0. The molecule has 0 bridgehead atoms. The van der Waals surface area contributed by atoms with Crippen LogP contribution in [0.1, 0.15) is 24.0 Å². The first-order chi connectivity index (χ1) is 12.1. The van der Waals surface area contributed by atoms with Crippen LogP contribution >= 0.6 is 11.6 Å². The highest BCUT2D eigenvalue weighted by Gasteiger charge is 2.36. The van der Waals surface area contributed by atoms with Crippen molar-refractivity contribution in [2.45, 2.75) is 24.7 Å². The lowest BCUT2D eigenvalue weighted by Gasteiger charge is -2.42. The number of carbonyl (C=O) groups excluding carboxylic acids is 1. The number of amides is 1. The van der Waals surface area contributed by atoms with Crippen molar-refractivity contribution >= 4 is 29.1 Å². The van der Waals surface area contributed by atoms with E-state index in [1.54, 1.807) is 0 Å². The van der Waals surface area contributed by atoms with Gasteiger partial charge in [-0.15, -0.1) is 0 Å². The van der Waals surface area contributed by atoms with E-state index in [1.807, 2.05) is 12.1 Å². The van der Waals surface area contributed by atoms with Gasteiger partial charge in [0.25, 0.3) is 0 Å². The number of benzene rings is 1. The number of nitrogens with one attached hydrogen (secondary N) is 1. The van der Waals surface area contributed by atoms with Gasteiger partial charge < -0.3 is 16.0 Å². The van der Waals surface area contributed by atoms with E-state index in [4.69, 9.17) is 17.3 Å². The van der Waals surface area contributed by atoms with Crippen LogP contribution in [0.5, 0.6) is 0 Å². The van der Waals surface area contributed by atoms with Crippen LogP contribution in [0.15, 0.2) is 30.6 Å². The summed E-state index contributed by atoms with van der Waals surface area (Å²) in [5.41, 5.74) is 8.27. The molecule has 3 heterocycles. The van der Waals surface area contributed by atoms with Crippen LogP contribution in [0.3, 0.4) is 0 Å². The second-order valence-corrected chi connectivity index (χ2v) is 7.16. The van der Waals surface area contributed by atoms with Gasteiger partial charge in [-0.3, -0.25) is 4.79 Å². The number of piperidine rings is 1. The normalized spacial score (nSPS) is 18.8. The van der Waals surface area contributed by atoms with Crippen LogP contribution in [0.25, 0.3) is 0 Å². The molecule has 2 aliphatic rings. The molecule has 3 N–H and O–H groups in total. The van der Waals surface area contributed by atoms with Crippen LogP contribution in [-0.4, -0.2) is 35.5 Å².